The van der Waals surface area contributed by atoms with Gasteiger partial charge in [-0.25, -0.2) is 8.42 Å². The summed E-state index contributed by atoms with van der Waals surface area (Å²) >= 11 is 0. The van der Waals surface area contributed by atoms with Crippen molar-refractivity contribution in [1.82, 2.24) is 4.90 Å². The molecule has 1 saturated heterocycles. The zero-order valence-electron chi connectivity index (χ0n) is 12.8. The Kier molecular flexibility index (Phi) is 5.69. The molecular formula is C15H20F2N2O3S. The molecule has 23 heavy (non-hydrogen) atoms. The van der Waals surface area contributed by atoms with Gasteiger partial charge in [-0.05, 0) is 38.4 Å². The number of nitrogens with zero attached hydrogens (tertiary/aromatic N) is 1. The van der Waals surface area contributed by atoms with E-state index in [1.54, 1.807) is 0 Å². The van der Waals surface area contributed by atoms with Crippen molar-refractivity contribution in [2.45, 2.75) is 42.9 Å². The standard InChI is InChI=1S/C15H20F2N2O3S/c1-11-6-4-5-9-19(11)10-14(20)18-12-7-2-3-8-13(12)23(21,22)15(16)17/h2-3,7-8,11,15H,4-6,9-10H2,1H3,(H,18,20). The summed E-state index contributed by atoms with van der Waals surface area (Å²) in [6.07, 6.45) is 3.13. The number of anilines is 1. The van der Waals surface area contributed by atoms with E-state index in [1.165, 1.54) is 18.2 Å². The van der Waals surface area contributed by atoms with Crippen molar-refractivity contribution in [2.24, 2.45) is 0 Å². The molecule has 128 valence electrons. The minimum Gasteiger partial charge on any atom is -0.324 e. The van der Waals surface area contributed by atoms with Gasteiger partial charge in [-0.3, -0.25) is 9.69 Å². The van der Waals surface area contributed by atoms with Crippen LogP contribution < -0.4 is 5.32 Å². The van der Waals surface area contributed by atoms with Gasteiger partial charge in [0.1, 0.15) is 0 Å². The Morgan fingerprint density at radius 3 is 2.70 bits per heavy atom. The van der Waals surface area contributed by atoms with E-state index in [2.05, 4.69) is 5.32 Å². The third-order valence-electron chi connectivity index (χ3n) is 3.99. The summed E-state index contributed by atoms with van der Waals surface area (Å²) in [6.45, 7) is 2.94. The molecule has 1 fully saturated rings. The predicted octanol–water partition coefficient (Wildman–Crippen LogP) is 2.50. The van der Waals surface area contributed by atoms with Gasteiger partial charge in [0.05, 0.1) is 17.1 Å². The van der Waals surface area contributed by atoms with Crippen LogP contribution in [-0.2, 0) is 14.6 Å². The van der Waals surface area contributed by atoms with E-state index >= 15 is 0 Å². The first-order valence-corrected chi connectivity index (χ1v) is 9.02. The maximum Gasteiger partial charge on any atom is 0.341 e. The molecule has 8 heteroatoms. The highest BCUT2D eigenvalue weighted by molar-refractivity contribution is 7.91. The van der Waals surface area contributed by atoms with E-state index in [0.29, 0.717) is 0 Å². The van der Waals surface area contributed by atoms with Gasteiger partial charge in [0, 0.05) is 6.04 Å². The molecule has 1 aromatic carbocycles. The number of benzene rings is 1. The average Bonchev–Trinajstić information content (AvgIpc) is 2.50. The van der Waals surface area contributed by atoms with Crippen LogP contribution in [0.4, 0.5) is 14.5 Å². The number of hydrogen-bond acceptors (Lipinski definition) is 4. The van der Waals surface area contributed by atoms with E-state index in [-0.39, 0.29) is 18.3 Å². The van der Waals surface area contributed by atoms with E-state index in [9.17, 15) is 22.0 Å². The van der Waals surface area contributed by atoms with Gasteiger partial charge in [0.25, 0.3) is 0 Å². The van der Waals surface area contributed by atoms with Crippen molar-refractivity contribution in [3.63, 3.8) is 0 Å². The van der Waals surface area contributed by atoms with E-state index in [1.807, 2.05) is 11.8 Å². The molecule has 0 bridgehead atoms. The molecule has 1 atom stereocenters. The third kappa shape index (κ3) is 4.26. The molecule has 5 nitrogen and oxygen atoms in total. The Balaban J connectivity index is 2.13. The SMILES string of the molecule is CC1CCCCN1CC(=O)Nc1ccccc1S(=O)(=O)C(F)F. The van der Waals surface area contributed by atoms with Gasteiger partial charge in [-0.15, -0.1) is 0 Å². The molecule has 1 heterocycles. The zero-order valence-corrected chi connectivity index (χ0v) is 13.7. The lowest BCUT2D eigenvalue weighted by Gasteiger charge is -2.32. The molecule has 1 aliphatic heterocycles. The molecule has 0 aliphatic carbocycles. The number of carbonyl (C=O) groups is 1. The lowest BCUT2D eigenvalue weighted by atomic mass is 10.0. The summed E-state index contributed by atoms with van der Waals surface area (Å²) in [6, 6.07) is 5.49. The fourth-order valence-corrected chi connectivity index (χ4v) is 3.57. The van der Waals surface area contributed by atoms with Gasteiger partial charge in [0.2, 0.25) is 15.7 Å². The Morgan fingerprint density at radius 2 is 2.04 bits per heavy atom. The van der Waals surface area contributed by atoms with Gasteiger partial charge in [-0.2, -0.15) is 8.78 Å². The number of carbonyl (C=O) groups excluding carboxylic acids is 1. The van der Waals surface area contributed by atoms with Gasteiger partial charge in [0.15, 0.2) is 0 Å². The number of piperidine rings is 1. The number of likely N-dealkylation sites (tertiary alicyclic amines) is 1. The maximum atomic E-state index is 12.7. The Morgan fingerprint density at radius 1 is 1.35 bits per heavy atom. The van der Waals surface area contributed by atoms with Gasteiger partial charge >= 0.3 is 5.76 Å². The molecular weight excluding hydrogens is 326 g/mol. The van der Waals surface area contributed by atoms with Crippen LogP contribution >= 0.6 is 0 Å². The van der Waals surface area contributed by atoms with Crippen molar-refractivity contribution in [2.75, 3.05) is 18.4 Å². The third-order valence-corrected chi connectivity index (χ3v) is 5.43. The smallest absolute Gasteiger partial charge is 0.324 e. The fraction of sp³-hybridized carbons (Fsp3) is 0.533. The Hall–Kier alpha value is -1.54. The van der Waals surface area contributed by atoms with Crippen molar-refractivity contribution < 1.29 is 22.0 Å². The number of para-hydroxylation sites is 1. The number of nitrogens with one attached hydrogen (secondary N) is 1. The number of sulfone groups is 1. The molecule has 1 aromatic rings. The molecule has 1 unspecified atom stereocenters. The lowest BCUT2D eigenvalue weighted by molar-refractivity contribution is -0.118. The first-order chi connectivity index (χ1) is 10.8. The number of alkyl halides is 2. The molecule has 1 N–H and O–H groups in total. The monoisotopic (exact) mass is 346 g/mol. The van der Waals surface area contributed by atoms with Crippen LogP contribution in [0, 0.1) is 0 Å². The van der Waals surface area contributed by atoms with E-state index in [4.69, 9.17) is 0 Å². The normalized spacial score (nSPS) is 19.7. The number of hydrogen-bond donors (Lipinski definition) is 1. The van der Waals surface area contributed by atoms with E-state index < -0.39 is 26.4 Å². The summed E-state index contributed by atoms with van der Waals surface area (Å²) < 4.78 is 48.8. The summed E-state index contributed by atoms with van der Waals surface area (Å²) in [5.41, 5.74) is -0.109. The molecule has 1 aliphatic rings. The highest BCUT2D eigenvalue weighted by atomic mass is 32.2. The van der Waals surface area contributed by atoms with Crippen molar-refractivity contribution in [3.05, 3.63) is 24.3 Å². The maximum absolute atomic E-state index is 12.7. The number of rotatable bonds is 5. The fourth-order valence-electron chi connectivity index (χ4n) is 2.68. The minimum atomic E-state index is -4.76. The average molecular weight is 346 g/mol. The van der Waals surface area contributed by atoms with Crippen LogP contribution in [0.5, 0.6) is 0 Å². The molecule has 0 radical (unpaired) electrons. The van der Waals surface area contributed by atoms with E-state index in [0.717, 1.165) is 31.9 Å². The molecule has 2 rings (SSSR count). The number of halogens is 2. The first kappa shape index (κ1) is 17.8. The second kappa shape index (κ2) is 7.35. The van der Waals surface area contributed by atoms with Crippen LogP contribution in [0.3, 0.4) is 0 Å². The van der Waals surface area contributed by atoms with Gasteiger partial charge < -0.3 is 5.32 Å². The summed E-state index contributed by atoms with van der Waals surface area (Å²) in [4.78, 5) is 13.6. The van der Waals surface area contributed by atoms with Gasteiger partial charge in [-0.1, -0.05) is 18.6 Å². The molecule has 1 amide bonds. The largest absolute Gasteiger partial charge is 0.341 e. The van der Waals surface area contributed by atoms with Crippen LogP contribution in [0.1, 0.15) is 26.2 Å². The topological polar surface area (TPSA) is 66.5 Å². The van der Waals surface area contributed by atoms with Crippen LogP contribution in [0.2, 0.25) is 0 Å². The minimum absolute atomic E-state index is 0.109. The van der Waals surface area contributed by atoms with Crippen molar-refractivity contribution >= 4 is 21.4 Å². The highest BCUT2D eigenvalue weighted by Crippen LogP contribution is 2.26. The second-order valence-corrected chi connectivity index (χ2v) is 7.55. The lowest BCUT2D eigenvalue weighted by Crippen LogP contribution is -2.42. The first-order valence-electron chi connectivity index (χ1n) is 7.47. The Bertz CT molecular complexity index is 664. The Labute approximate surface area is 134 Å². The summed E-state index contributed by atoms with van der Waals surface area (Å²) in [5.74, 6) is -3.93. The van der Waals surface area contributed by atoms with Crippen LogP contribution in [0.15, 0.2) is 29.2 Å². The number of amides is 1. The molecule has 0 spiro atoms. The molecule has 0 aromatic heterocycles. The quantitative estimate of drug-likeness (QED) is 0.890. The van der Waals surface area contributed by atoms with Crippen molar-refractivity contribution in [3.8, 4) is 0 Å². The van der Waals surface area contributed by atoms with Crippen LogP contribution in [-0.4, -0.2) is 44.1 Å². The van der Waals surface area contributed by atoms with Crippen LogP contribution in [0.25, 0.3) is 0 Å². The van der Waals surface area contributed by atoms with Crippen molar-refractivity contribution in [1.29, 1.82) is 0 Å². The second-order valence-electron chi connectivity index (χ2n) is 5.67. The molecule has 0 saturated carbocycles. The predicted molar refractivity (Wildman–Crippen MR) is 83.1 cm³/mol. The summed E-state index contributed by atoms with van der Waals surface area (Å²) in [7, 11) is -4.76. The highest BCUT2D eigenvalue weighted by Gasteiger charge is 2.29. The zero-order chi connectivity index (χ0) is 17.0. The summed E-state index contributed by atoms with van der Waals surface area (Å²) in [5, 5.41) is 2.45.